The summed E-state index contributed by atoms with van der Waals surface area (Å²) in [4.78, 5) is 7.96. The molecule has 0 radical (unpaired) electrons. The van der Waals surface area contributed by atoms with Crippen LogP contribution in [0.15, 0.2) is 40.3 Å². The highest BCUT2D eigenvalue weighted by Gasteiger charge is 2.16. The maximum atomic E-state index is 5.76. The van der Waals surface area contributed by atoms with Gasteiger partial charge in [0.05, 0.1) is 5.69 Å². The first-order valence-corrected chi connectivity index (χ1v) is 8.47. The lowest BCUT2D eigenvalue weighted by molar-refractivity contribution is 0.856. The largest absolute Gasteiger partial charge is 0.354 e. The van der Waals surface area contributed by atoms with Crippen LogP contribution in [0.4, 0.5) is 5.82 Å². The average Bonchev–Trinajstić information content (AvgIpc) is 3.04. The minimum Gasteiger partial charge on any atom is -0.354 e. The molecule has 21 heavy (non-hydrogen) atoms. The summed E-state index contributed by atoms with van der Waals surface area (Å²) in [5, 5.41) is 2.06. The lowest BCUT2D eigenvalue weighted by atomic mass is 10.2. The summed E-state index contributed by atoms with van der Waals surface area (Å²) in [5.74, 6) is 1.02. The molecule has 0 amide bonds. The lowest BCUT2D eigenvalue weighted by Crippen LogP contribution is -2.19. The molecule has 6 heteroatoms. The van der Waals surface area contributed by atoms with Crippen molar-refractivity contribution in [2.45, 2.75) is 13.0 Å². The van der Waals surface area contributed by atoms with Gasteiger partial charge in [-0.25, -0.2) is 4.98 Å². The maximum Gasteiger partial charge on any atom is 0.195 e. The van der Waals surface area contributed by atoms with Crippen molar-refractivity contribution in [3.8, 4) is 0 Å². The predicted octanol–water partition coefficient (Wildman–Crippen LogP) is 3.30. The van der Waals surface area contributed by atoms with Gasteiger partial charge >= 0.3 is 0 Å². The van der Waals surface area contributed by atoms with Crippen molar-refractivity contribution >= 4 is 38.0 Å². The van der Waals surface area contributed by atoms with Gasteiger partial charge < -0.3 is 10.6 Å². The Morgan fingerprint density at radius 2 is 2.19 bits per heavy atom. The van der Waals surface area contributed by atoms with Gasteiger partial charge in [-0.2, -0.15) is 0 Å². The Morgan fingerprint density at radius 3 is 2.95 bits per heavy atom. The maximum absolute atomic E-state index is 5.76. The molecule has 2 N–H and O–H groups in total. The molecule has 3 aromatic rings. The molecular formula is C15H17BrN4S. The molecule has 0 saturated heterocycles. The van der Waals surface area contributed by atoms with E-state index >= 15 is 0 Å². The summed E-state index contributed by atoms with van der Waals surface area (Å²) in [6.07, 6.45) is 2.89. The van der Waals surface area contributed by atoms with Crippen LogP contribution in [0.5, 0.6) is 0 Å². The Kier molecular flexibility index (Phi) is 4.28. The number of hydrogen-bond acceptors (Lipinski definition) is 4. The number of nitrogens with zero attached hydrogens (tertiary/aromatic N) is 3. The summed E-state index contributed by atoms with van der Waals surface area (Å²) >= 11 is 5.25. The SMILES string of the molecule is CN(Cc1ccccc1Br)c1nc2sccn2c1CCN. The predicted molar refractivity (Wildman–Crippen MR) is 92.1 cm³/mol. The van der Waals surface area contributed by atoms with Crippen LogP contribution >= 0.6 is 27.3 Å². The van der Waals surface area contributed by atoms with Crippen molar-refractivity contribution in [1.29, 1.82) is 0 Å². The second kappa shape index (κ2) is 6.17. The molecule has 0 aliphatic heterocycles. The molecule has 0 fully saturated rings. The fourth-order valence-electron chi connectivity index (χ4n) is 2.45. The zero-order valence-electron chi connectivity index (χ0n) is 11.8. The van der Waals surface area contributed by atoms with Gasteiger partial charge in [0.15, 0.2) is 10.8 Å². The Hall–Kier alpha value is -1.37. The standard InChI is InChI=1S/C15H17BrN4S/c1-19(10-11-4-2-3-5-12(11)16)14-13(6-7-17)20-8-9-21-15(20)18-14/h2-5,8-9H,6-7,10,17H2,1H3. The van der Waals surface area contributed by atoms with Crippen LogP contribution in [0.3, 0.4) is 0 Å². The molecule has 0 unspecified atom stereocenters. The van der Waals surface area contributed by atoms with E-state index in [1.165, 1.54) is 11.3 Å². The normalized spacial score (nSPS) is 11.2. The van der Waals surface area contributed by atoms with Crippen molar-refractivity contribution < 1.29 is 0 Å². The van der Waals surface area contributed by atoms with E-state index in [0.29, 0.717) is 6.54 Å². The molecule has 2 aromatic heterocycles. The third-order valence-corrected chi connectivity index (χ3v) is 4.98. The van der Waals surface area contributed by atoms with Crippen LogP contribution in [0, 0.1) is 0 Å². The third-order valence-electron chi connectivity index (χ3n) is 3.45. The molecule has 1 aromatic carbocycles. The highest BCUT2D eigenvalue weighted by atomic mass is 79.9. The minimum absolute atomic E-state index is 0.625. The molecule has 0 saturated carbocycles. The highest BCUT2D eigenvalue weighted by molar-refractivity contribution is 9.10. The fourth-order valence-corrected chi connectivity index (χ4v) is 3.59. The topological polar surface area (TPSA) is 46.6 Å². The van der Waals surface area contributed by atoms with Gasteiger partial charge in [-0.05, 0) is 18.2 Å². The van der Waals surface area contributed by atoms with E-state index in [9.17, 15) is 0 Å². The van der Waals surface area contributed by atoms with Crippen LogP contribution in [0.2, 0.25) is 0 Å². The van der Waals surface area contributed by atoms with Crippen molar-refractivity contribution in [2.75, 3.05) is 18.5 Å². The summed E-state index contributed by atoms with van der Waals surface area (Å²) in [5.41, 5.74) is 8.19. The van der Waals surface area contributed by atoms with Crippen LogP contribution in [0.1, 0.15) is 11.3 Å². The first-order valence-electron chi connectivity index (χ1n) is 6.79. The first-order chi connectivity index (χ1) is 10.2. The summed E-state index contributed by atoms with van der Waals surface area (Å²) in [7, 11) is 2.08. The van der Waals surface area contributed by atoms with Gasteiger partial charge in [-0.3, -0.25) is 4.40 Å². The smallest absolute Gasteiger partial charge is 0.195 e. The molecule has 0 bridgehead atoms. The zero-order chi connectivity index (χ0) is 14.8. The van der Waals surface area contributed by atoms with E-state index in [4.69, 9.17) is 10.7 Å². The number of aromatic nitrogens is 2. The van der Waals surface area contributed by atoms with Crippen LogP contribution < -0.4 is 10.6 Å². The number of hydrogen-bond donors (Lipinski definition) is 1. The van der Waals surface area contributed by atoms with E-state index in [-0.39, 0.29) is 0 Å². The molecule has 0 aliphatic rings. The number of fused-ring (bicyclic) bond motifs is 1. The molecule has 3 rings (SSSR count). The Bertz CT molecular complexity index is 749. The van der Waals surface area contributed by atoms with Gasteiger partial charge in [0.25, 0.3) is 0 Å². The molecule has 0 aliphatic carbocycles. The van der Waals surface area contributed by atoms with Crippen LogP contribution in [-0.4, -0.2) is 23.0 Å². The molecule has 0 spiro atoms. The van der Waals surface area contributed by atoms with Gasteiger partial charge in [-0.15, -0.1) is 11.3 Å². The molecule has 4 nitrogen and oxygen atoms in total. The number of halogens is 1. The zero-order valence-corrected chi connectivity index (χ0v) is 14.2. The summed E-state index contributed by atoms with van der Waals surface area (Å²) in [6.45, 7) is 1.43. The van der Waals surface area contributed by atoms with E-state index < -0.39 is 0 Å². The number of anilines is 1. The van der Waals surface area contributed by atoms with Gasteiger partial charge in [0.1, 0.15) is 0 Å². The third kappa shape index (κ3) is 2.84. The molecule has 110 valence electrons. The van der Waals surface area contributed by atoms with Crippen molar-refractivity contribution in [1.82, 2.24) is 9.38 Å². The number of imidazole rings is 1. The van der Waals surface area contributed by atoms with Gasteiger partial charge in [0, 0.05) is 36.1 Å². The quantitative estimate of drug-likeness (QED) is 0.755. The van der Waals surface area contributed by atoms with Crippen molar-refractivity contribution in [3.63, 3.8) is 0 Å². The van der Waals surface area contributed by atoms with E-state index in [0.717, 1.165) is 28.2 Å². The monoisotopic (exact) mass is 364 g/mol. The second-order valence-electron chi connectivity index (χ2n) is 4.92. The Labute approximate surface area is 136 Å². The van der Waals surface area contributed by atoms with Crippen LogP contribution in [-0.2, 0) is 13.0 Å². The average molecular weight is 365 g/mol. The highest BCUT2D eigenvalue weighted by Crippen LogP contribution is 2.26. The van der Waals surface area contributed by atoms with Crippen molar-refractivity contribution in [2.24, 2.45) is 5.73 Å². The summed E-state index contributed by atoms with van der Waals surface area (Å²) < 4.78 is 3.27. The second-order valence-corrected chi connectivity index (χ2v) is 6.65. The van der Waals surface area contributed by atoms with E-state index in [1.807, 2.05) is 6.07 Å². The van der Waals surface area contributed by atoms with E-state index in [2.05, 4.69) is 62.1 Å². The number of benzene rings is 1. The fraction of sp³-hybridized carbons (Fsp3) is 0.267. The minimum atomic E-state index is 0.625. The van der Waals surface area contributed by atoms with E-state index in [1.54, 1.807) is 11.3 Å². The van der Waals surface area contributed by atoms with Crippen molar-refractivity contribution in [3.05, 3.63) is 51.6 Å². The summed E-state index contributed by atoms with van der Waals surface area (Å²) in [6, 6.07) is 8.28. The van der Waals surface area contributed by atoms with Gasteiger partial charge in [-0.1, -0.05) is 34.1 Å². The first kappa shape index (κ1) is 14.6. The lowest BCUT2D eigenvalue weighted by Gasteiger charge is -2.19. The Balaban J connectivity index is 1.93. The number of nitrogens with two attached hydrogens (primary N) is 1. The molecule has 0 atom stereocenters. The Morgan fingerprint density at radius 1 is 1.38 bits per heavy atom. The van der Waals surface area contributed by atoms with Crippen LogP contribution in [0.25, 0.3) is 4.96 Å². The molecular weight excluding hydrogens is 348 g/mol. The number of thiazole rings is 1. The van der Waals surface area contributed by atoms with Gasteiger partial charge in [0.2, 0.25) is 0 Å². The molecule has 2 heterocycles. The number of rotatable bonds is 5.